The van der Waals surface area contributed by atoms with Gasteiger partial charge >= 0.3 is 0 Å². The van der Waals surface area contributed by atoms with Crippen molar-refractivity contribution in [3.8, 4) is 5.75 Å². The number of methoxy groups -OCH3 is 1. The van der Waals surface area contributed by atoms with Crippen LogP contribution < -0.4 is 10.1 Å². The zero-order chi connectivity index (χ0) is 16.1. The van der Waals surface area contributed by atoms with Crippen molar-refractivity contribution in [3.05, 3.63) is 60.2 Å². The number of thioether (sulfide) groups is 1. The molecule has 0 saturated carbocycles. The highest BCUT2D eigenvalue weighted by Crippen LogP contribution is 2.37. The van der Waals surface area contributed by atoms with Crippen LogP contribution in [0.5, 0.6) is 5.75 Å². The molecule has 2 aromatic carbocycles. The van der Waals surface area contributed by atoms with Gasteiger partial charge in [0.05, 0.1) is 7.11 Å². The largest absolute Gasteiger partial charge is 0.497 e. The van der Waals surface area contributed by atoms with Gasteiger partial charge in [-0.1, -0.05) is 53.4 Å². The van der Waals surface area contributed by atoms with Gasteiger partial charge in [0.25, 0.3) is 0 Å². The van der Waals surface area contributed by atoms with Gasteiger partial charge in [-0.15, -0.1) is 10.2 Å². The minimum Gasteiger partial charge on any atom is -0.497 e. The Kier molecular flexibility index (Phi) is 5.15. The van der Waals surface area contributed by atoms with Gasteiger partial charge in [-0.2, -0.15) is 0 Å². The lowest BCUT2D eigenvalue weighted by Gasteiger charge is -2.08. The summed E-state index contributed by atoms with van der Waals surface area (Å²) < 4.78 is 6.11. The molecule has 0 aliphatic rings. The first-order valence-corrected chi connectivity index (χ1v) is 8.90. The molecule has 6 heteroatoms. The highest BCUT2D eigenvalue weighted by atomic mass is 32.2. The number of ether oxygens (including phenoxy) is 1. The molecule has 0 radical (unpaired) electrons. The van der Waals surface area contributed by atoms with Crippen molar-refractivity contribution < 1.29 is 4.74 Å². The predicted molar refractivity (Wildman–Crippen MR) is 96.9 cm³/mol. The molecule has 1 unspecified atom stereocenters. The second-order valence-electron chi connectivity index (χ2n) is 4.90. The number of nitrogens with zero attached hydrogens (tertiary/aromatic N) is 2. The highest BCUT2D eigenvalue weighted by Gasteiger charge is 2.11. The summed E-state index contributed by atoms with van der Waals surface area (Å²) in [5.74, 6) is 0.834. The molecule has 0 amide bonds. The molecular weight excluding hydrogens is 326 g/mol. The molecule has 0 fully saturated rings. The number of aromatic nitrogens is 2. The van der Waals surface area contributed by atoms with E-state index in [9.17, 15) is 0 Å². The number of benzene rings is 2. The molecule has 118 valence electrons. The minimum absolute atomic E-state index is 0.345. The van der Waals surface area contributed by atoms with Gasteiger partial charge in [-0.05, 0) is 36.8 Å². The summed E-state index contributed by atoms with van der Waals surface area (Å²) in [5, 5.41) is 12.9. The van der Waals surface area contributed by atoms with E-state index in [1.807, 2.05) is 30.3 Å². The summed E-state index contributed by atoms with van der Waals surface area (Å²) in [6.45, 7) is 2.18. The van der Waals surface area contributed by atoms with Gasteiger partial charge in [0.1, 0.15) is 5.75 Å². The Morgan fingerprint density at radius 3 is 2.48 bits per heavy atom. The zero-order valence-electron chi connectivity index (χ0n) is 12.9. The normalized spacial score (nSPS) is 11.9. The molecular formula is C17H17N3OS2. The quantitative estimate of drug-likeness (QED) is 0.628. The van der Waals surface area contributed by atoms with Gasteiger partial charge in [0.15, 0.2) is 4.34 Å². The van der Waals surface area contributed by atoms with Crippen LogP contribution in [0.1, 0.15) is 17.7 Å². The molecule has 0 aliphatic carbocycles. The van der Waals surface area contributed by atoms with Crippen LogP contribution in [0.15, 0.2) is 58.9 Å². The van der Waals surface area contributed by atoms with Crippen LogP contribution in [0.4, 0.5) is 10.8 Å². The Labute approximate surface area is 143 Å². The third kappa shape index (κ3) is 4.24. The Morgan fingerprint density at radius 2 is 1.78 bits per heavy atom. The lowest BCUT2D eigenvalue weighted by molar-refractivity contribution is 0.415. The standard InChI is InChI=1S/C17H17N3OS2/c1-12(13-6-4-3-5-7-13)22-17-20-19-16(23-17)18-14-8-10-15(21-2)11-9-14/h3-12H,1-2H3,(H,18,19). The Balaban J connectivity index is 1.63. The average molecular weight is 343 g/mol. The summed E-state index contributed by atoms with van der Waals surface area (Å²) >= 11 is 3.28. The van der Waals surface area contributed by atoms with Crippen LogP contribution in [0, 0.1) is 0 Å². The summed E-state index contributed by atoms with van der Waals surface area (Å²) in [6, 6.07) is 18.2. The second-order valence-corrected chi connectivity index (χ2v) is 7.46. The Bertz CT molecular complexity index is 744. The van der Waals surface area contributed by atoms with E-state index >= 15 is 0 Å². The van der Waals surface area contributed by atoms with E-state index in [1.54, 1.807) is 30.2 Å². The zero-order valence-corrected chi connectivity index (χ0v) is 14.5. The molecule has 4 nitrogen and oxygen atoms in total. The number of hydrogen-bond acceptors (Lipinski definition) is 6. The number of rotatable bonds is 6. The van der Waals surface area contributed by atoms with E-state index in [2.05, 4.69) is 46.7 Å². The average Bonchev–Trinajstić information content (AvgIpc) is 3.03. The maximum atomic E-state index is 5.15. The maximum absolute atomic E-state index is 5.15. The number of anilines is 2. The van der Waals surface area contributed by atoms with Gasteiger partial charge in [-0.25, -0.2) is 0 Å². The first-order chi connectivity index (χ1) is 11.2. The first kappa shape index (κ1) is 15.8. The summed E-state index contributed by atoms with van der Waals surface area (Å²) in [7, 11) is 1.66. The number of hydrogen-bond donors (Lipinski definition) is 1. The molecule has 3 rings (SSSR count). The van der Waals surface area contributed by atoms with E-state index in [4.69, 9.17) is 4.74 Å². The van der Waals surface area contributed by atoms with Gasteiger partial charge in [-0.3, -0.25) is 0 Å². The molecule has 1 atom stereocenters. The van der Waals surface area contributed by atoms with E-state index in [0.29, 0.717) is 5.25 Å². The fraction of sp³-hybridized carbons (Fsp3) is 0.176. The SMILES string of the molecule is COc1ccc(Nc2nnc(SC(C)c3ccccc3)s2)cc1. The summed E-state index contributed by atoms with van der Waals surface area (Å²) in [6.07, 6.45) is 0. The fourth-order valence-electron chi connectivity index (χ4n) is 2.05. The fourth-order valence-corrected chi connectivity index (χ4v) is 4.09. The van der Waals surface area contributed by atoms with Crippen molar-refractivity contribution in [2.24, 2.45) is 0 Å². The third-order valence-electron chi connectivity index (χ3n) is 3.29. The van der Waals surface area contributed by atoms with Crippen LogP contribution in [0.3, 0.4) is 0 Å². The summed E-state index contributed by atoms with van der Waals surface area (Å²) in [5.41, 5.74) is 2.26. The predicted octanol–water partition coefficient (Wildman–Crippen LogP) is 5.14. The van der Waals surface area contributed by atoms with Crippen molar-refractivity contribution in [3.63, 3.8) is 0 Å². The molecule has 1 N–H and O–H groups in total. The van der Waals surface area contributed by atoms with E-state index < -0.39 is 0 Å². The van der Waals surface area contributed by atoms with Gasteiger partial charge < -0.3 is 10.1 Å². The van der Waals surface area contributed by atoms with E-state index in [-0.39, 0.29) is 0 Å². The molecule has 0 aliphatic heterocycles. The maximum Gasteiger partial charge on any atom is 0.210 e. The first-order valence-electron chi connectivity index (χ1n) is 7.21. The van der Waals surface area contributed by atoms with Crippen molar-refractivity contribution >= 4 is 33.9 Å². The van der Waals surface area contributed by atoms with Crippen LogP contribution in [-0.4, -0.2) is 17.3 Å². The third-order valence-corrected chi connectivity index (χ3v) is 5.38. The minimum atomic E-state index is 0.345. The van der Waals surface area contributed by atoms with Crippen molar-refractivity contribution in [1.29, 1.82) is 0 Å². The molecule has 0 saturated heterocycles. The van der Waals surface area contributed by atoms with Crippen molar-refractivity contribution in [1.82, 2.24) is 10.2 Å². The molecule has 1 aromatic heterocycles. The van der Waals surface area contributed by atoms with E-state index in [0.717, 1.165) is 20.9 Å². The molecule has 23 heavy (non-hydrogen) atoms. The molecule has 0 bridgehead atoms. The monoisotopic (exact) mass is 343 g/mol. The van der Waals surface area contributed by atoms with Crippen LogP contribution >= 0.6 is 23.1 Å². The second kappa shape index (κ2) is 7.48. The van der Waals surface area contributed by atoms with Gasteiger partial charge in [0.2, 0.25) is 5.13 Å². The summed E-state index contributed by atoms with van der Waals surface area (Å²) in [4.78, 5) is 0. The Morgan fingerprint density at radius 1 is 1.04 bits per heavy atom. The lowest BCUT2D eigenvalue weighted by atomic mass is 10.2. The van der Waals surface area contributed by atoms with Crippen molar-refractivity contribution in [2.45, 2.75) is 16.5 Å². The lowest BCUT2D eigenvalue weighted by Crippen LogP contribution is -1.89. The van der Waals surface area contributed by atoms with Crippen molar-refractivity contribution in [2.75, 3.05) is 12.4 Å². The smallest absolute Gasteiger partial charge is 0.210 e. The van der Waals surface area contributed by atoms with E-state index in [1.165, 1.54) is 5.56 Å². The molecule has 1 heterocycles. The van der Waals surface area contributed by atoms with Gasteiger partial charge in [0, 0.05) is 10.9 Å². The molecule has 3 aromatic rings. The van der Waals surface area contributed by atoms with Crippen LogP contribution in [-0.2, 0) is 0 Å². The number of nitrogens with one attached hydrogen (secondary N) is 1. The van der Waals surface area contributed by atoms with Crippen LogP contribution in [0.25, 0.3) is 0 Å². The highest BCUT2D eigenvalue weighted by molar-refractivity contribution is 8.01. The Hall–Kier alpha value is -2.05. The topological polar surface area (TPSA) is 47.0 Å². The molecule has 0 spiro atoms. The van der Waals surface area contributed by atoms with Crippen LogP contribution in [0.2, 0.25) is 0 Å².